The largest absolute Gasteiger partial charge is 0.326 e. The molecule has 2 amide bonds. The summed E-state index contributed by atoms with van der Waals surface area (Å²) in [6.45, 7) is 3.33. The third-order valence-electron chi connectivity index (χ3n) is 3.89. The predicted octanol–water partition coefficient (Wildman–Crippen LogP) is 4.91. The van der Waals surface area contributed by atoms with Crippen LogP contribution in [-0.2, 0) is 16.0 Å². The monoisotopic (exact) mass is 399 g/mol. The van der Waals surface area contributed by atoms with E-state index in [2.05, 4.69) is 15.6 Å². The van der Waals surface area contributed by atoms with Gasteiger partial charge in [0, 0.05) is 34.3 Å². The van der Waals surface area contributed by atoms with Crippen LogP contribution >= 0.6 is 22.9 Å². The number of hydrogen-bond acceptors (Lipinski definition) is 4. The van der Waals surface area contributed by atoms with Crippen molar-refractivity contribution < 1.29 is 9.59 Å². The number of nitrogens with one attached hydrogen (secondary N) is 2. The molecule has 3 rings (SSSR count). The first kappa shape index (κ1) is 19.1. The zero-order valence-corrected chi connectivity index (χ0v) is 16.4. The minimum atomic E-state index is -0.141. The molecule has 5 nitrogen and oxygen atoms in total. The number of anilines is 2. The lowest BCUT2D eigenvalue weighted by Crippen LogP contribution is -2.15. The van der Waals surface area contributed by atoms with Gasteiger partial charge in [0.1, 0.15) is 5.01 Å². The average molecular weight is 400 g/mol. The van der Waals surface area contributed by atoms with Gasteiger partial charge in [0.2, 0.25) is 11.8 Å². The number of amides is 2. The summed E-state index contributed by atoms with van der Waals surface area (Å²) in [5.41, 5.74) is 3.92. The van der Waals surface area contributed by atoms with Gasteiger partial charge in [-0.2, -0.15) is 0 Å². The molecule has 1 aromatic heterocycles. The summed E-state index contributed by atoms with van der Waals surface area (Å²) in [6.07, 6.45) is 0.187. The number of rotatable bonds is 5. The molecule has 0 unspecified atom stereocenters. The number of benzene rings is 2. The molecule has 0 fully saturated rings. The third kappa shape index (κ3) is 4.93. The SMILES string of the molecule is CC(=O)Nc1ccc(-c2nc(CC(=O)Nc3cccc(Cl)c3C)cs2)cc1. The van der Waals surface area contributed by atoms with Crippen molar-refractivity contribution in [3.8, 4) is 10.6 Å². The fourth-order valence-corrected chi connectivity index (χ4v) is 3.52. The fourth-order valence-electron chi connectivity index (χ4n) is 2.52. The molecule has 0 saturated carbocycles. The Balaban J connectivity index is 1.66. The fraction of sp³-hybridized carbons (Fsp3) is 0.150. The molecule has 2 N–H and O–H groups in total. The smallest absolute Gasteiger partial charge is 0.230 e. The average Bonchev–Trinajstić information content (AvgIpc) is 3.07. The first-order valence-electron chi connectivity index (χ1n) is 8.30. The topological polar surface area (TPSA) is 71.1 Å². The molecule has 2 aromatic carbocycles. The molecular formula is C20H18ClN3O2S. The van der Waals surface area contributed by atoms with E-state index in [4.69, 9.17) is 11.6 Å². The standard InChI is InChI=1S/C20H18ClN3O2S/c1-12-17(21)4-3-5-18(12)24-19(26)10-16-11-27-20(23-16)14-6-8-15(9-7-14)22-13(2)25/h3-9,11H,10H2,1-2H3,(H,22,25)(H,24,26). The number of aromatic nitrogens is 1. The highest BCUT2D eigenvalue weighted by Gasteiger charge is 2.11. The second-order valence-electron chi connectivity index (χ2n) is 6.04. The number of thiazole rings is 1. The molecule has 1 heterocycles. The summed E-state index contributed by atoms with van der Waals surface area (Å²) in [5, 5.41) is 8.92. The van der Waals surface area contributed by atoms with Crippen LogP contribution in [0.25, 0.3) is 10.6 Å². The van der Waals surface area contributed by atoms with Gasteiger partial charge in [-0.1, -0.05) is 17.7 Å². The minimum Gasteiger partial charge on any atom is -0.326 e. The van der Waals surface area contributed by atoms with Gasteiger partial charge in [-0.3, -0.25) is 9.59 Å². The van der Waals surface area contributed by atoms with Crippen LogP contribution in [0.2, 0.25) is 5.02 Å². The summed E-state index contributed by atoms with van der Waals surface area (Å²) < 4.78 is 0. The molecule has 0 atom stereocenters. The van der Waals surface area contributed by atoms with Crippen molar-refractivity contribution in [3.05, 3.63) is 64.1 Å². The second kappa shape index (κ2) is 8.33. The Morgan fingerprint density at radius 1 is 1.11 bits per heavy atom. The maximum atomic E-state index is 12.3. The van der Waals surface area contributed by atoms with Crippen LogP contribution < -0.4 is 10.6 Å². The molecule has 0 aliphatic carbocycles. The summed E-state index contributed by atoms with van der Waals surface area (Å²) in [7, 11) is 0. The Morgan fingerprint density at radius 3 is 2.56 bits per heavy atom. The highest BCUT2D eigenvalue weighted by Crippen LogP contribution is 2.26. The molecule has 0 aliphatic heterocycles. The number of halogens is 1. The van der Waals surface area contributed by atoms with Crippen molar-refractivity contribution in [2.24, 2.45) is 0 Å². The molecule has 7 heteroatoms. The zero-order chi connectivity index (χ0) is 19.4. The highest BCUT2D eigenvalue weighted by molar-refractivity contribution is 7.13. The summed E-state index contributed by atoms with van der Waals surface area (Å²) in [6, 6.07) is 12.8. The Hall–Kier alpha value is -2.70. The van der Waals surface area contributed by atoms with Crippen molar-refractivity contribution in [3.63, 3.8) is 0 Å². The number of hydrogen-bond donors (Lipinski definition) is 2. The minimum absolute atomic E-state index is 0.111. The van der Waals surface area contributed by atoms with Crippen molar-refractivity contribution in [2.45, 2.75) is 20.3 Å². The molecule has 0 radical (unpaired) electrons. The Labute approximate surface area is 166 Å². The van der Waals surface area contributed by atoms with E-state index in [1.807, 2.05) is 42.6 Å². The van der Waals surface area contributed by atoms with Crippen LogP contribution in [0.3, 0.4) is 0 Å². The van der Waals surface area contributed by atoms with Gasteiger partial charge in [-0.25, -0.2) is 4.98 Å². The maximum Gasteiger partial charge on any atom is 0.230 e. The first-order chi connectivity index (χ1) is 12.9. The molecule has 0 bridgehead atoms. The van der Waals surface area contributed by atoms with Crippen LogP contribution in [0.4, 0.5) is 11.4 Å². The molecule has 0 saturated heterocycles. The Morgan fingerprint density at radius 2 is 1.85 bits per heavy atom. The van der Waals surface area contributed by atoms with E-state index in [0.29, 0.717) is 16.4 Å². The summed E-state index contributed by atoms with van der Waals surface area (Å²) in [4.78, 5) is 27.9. The van der Waals surface area contributed by atoms with Crippen LogP contribution in [0.5, 0.6) is 0 Å². The predicted molar refractivity (Wildman–Crippen MR) is 110 cm³/mol. The number of carbonyl (C=O) groups excluding carboxylic acids is 2. The molecular weight excluding hydrogens is 382 g/mol. The molecule has 0 aliphatic rings. The van der Waals surface area contributed by atoms with Gasteiger partial charge >= 0.3 is 0 Å². The van der Waals surface area contributed by atoms with Crippen molar-refractivity contribution in [1.82, 2.24) is 4.98 Å². The molecule has 138 valence electrons. The third-order valence-corrected chi connectivity index (χ3v) is 5.24. The van der Waals surface area contributed by atoms with E-state index in [-0.39, 0.29) is 18.2 Å². The zero-order valence-electron chi connectivity index (χ0n) is 14.9. The molecule has 0 spiro atoms. The van der Waals surface area contributed by atoms with E-state index in [9.17, 15) is 9.59 Å². The quantitative estimate of drug-likeness (QED) is 0.640. The maximum absolute atomic E-state index is 12.3. The van der Waals surface area contributed by atoms with Crippen molar-refractivity contribution >= 4 is 46.1 Å². The van der Waals surface area contributed by atoms with Gasteiger partial charge in [-0.15, -0.1) is 11.3 Å². The molecule has 27 heavy (non-hydrogen) atoms. The van der Waals surface area contributed by atoms with Gasteiger partial charge in [0.25, 0.3) is 0 Å². The molecule has 3 aromatic rings. The van der Waals surface area contributed by atoms with E-state index in [1.165, 1.54) is 18.3 Å². The number of carbonyl (C=O) groups is 2. The number of nitrogens with zero attached hydrogens (tertiary/aromatic N) is 1. The van der Waals surface area contributed by atoms with Crippen molar-refractivity contribution in [2.75, 3.05) is 10.6 Å². The van der Waals surface area contributed by atoms with E-state index in [0.717, 1.165) is 21.8 Å². The van der Waals surface area contributed by atoms with Gasteiger partial charge < -0.3 is 10.6 Å². The Bertz CT molecular complexity index is 983. The van der Waals surface area contributed by atoms with Crippen LogP contribution in [0.1, 0.15) is 18.2 Å². The summed E-state index contributed by atoms with van der Waals surface area (Å²) in [5.74, 6) is -0.251. The lowest BCUT2D eigenvalue weighted by atomic mass is 10.2. The van der Waals surface area contributed by atoms with Gasteiger partial charge in [0.05, 0.1) is 12.1 Å². The first-order valence-corrected chi connectivity index (χ1v) is 9.55. The van der Waals surface area contributed by atoms with E-state index in [1.54, 1.807) is 12.1 Å². The van der Waals surface area contributed by atoms with Gasteiger partial charge in [-0.05, 0) is 48.9 Å². The van der Waals surface area contributed by atoms with E-state index < -0.39 is 0 Å². The van der Waals surface area contributed by atoms with Crippen LogP contribution in [0, 0.1) is 6.92 Å². The Kier molecular flexibility index (Phi) is 5.88. The second-order valence-corrected chi connectivity index (χ2v) is 7.31. The summed E-state index contributed by atoms with van der Waals surface area (Å²) >= 11 is 7.56. The van der Waals surface area contributed by atoms with Crippen LogP contribution in [0.15, 0.2) is 47.8 Å². The normalized spacial score (nSPS) is 10.5. The van der Waals surface area contributed by atoms with Crippen molar-refractivity contribution in [1.29, 1.82) is 0 Å². The highest BCUT2D eigenvalue weighted by atomic mass is 35.5. The van der Waals surface area contributed by atoms with E-state index >= 15 is 0 Å². The lowest BCUT2D eigenvalue weighted by molar-refractivity contribution is -0.116. The van der Waals surface area contributed by atoms with Gasteiger partial charge in [0.15, 0.2) is 0 Å². The van der Waals surface area contributed by atoms with Crippen LogP contribution in [-0.4, -0.2) is 16.8 Å². The lowest BCUT2D eigenvalue weighted by Gasteiger charge is -2.08.